The minimum atomic E-state index is 0.0652. The third-order valence-electron chi connectivity index (χ3n) is 3.96. The molecule has 0 aliphatic carbocycles. The summed E-state index contributed by atoms with van der Waals surface area (Å²) < 4.78 is 11.1. The molecule has 0 aliphatic rings. The van der Waals surface area contributed by atoms with E-state index in [0.29, 0.717) is 31.0 Å². The predicted molar refractivity (Wildman–Crippen MR) is 100 cm³/mol. The van der Waals surface area contributed by atoms with Crippen molar-refractivity contribution in [2.45, 2.75) is 26.3 Å². The normalized spacial score (nSPS) is 10.4. The summed E-state index contributed by atoms with van der Waals surface area (Å²) in [5.74, 6) is 1.66. The van der Waals surface area contributed by atoms with E-state index in [1.165, 1.54) is 0 Å². The molecule has 0 saturated heterocycles. The van der Waals surface area contributed by atoms with Crippen LogP contribution in [0.25, 0.3) is 0 Å². The SMILES string of the molecule is COc1ccc(Cl)cc1CN(C)C(=O)CCCOc1ccccc1C. The fraction of sp³-hybridized carbons (Fsp3) is 0.350. The van der Waals surface area contributed by atoms with E-state index in [9.17, 15) is 4.79 Å². The van der Waals surface area contributed by atoms with Gasteiger partial charge in [0.2, 0.25) is 5.91 Å². The zero-order chi connectivity index (χ0) is 18.2. The number of carbonyl (C=O) groups excluding carboxylic acids is 1. The maximum atomic E-state index is 12.3. The lowest BCUT2D eigenvalue weighted by molar-refractivity contribution is -0.130. The number of carbonyl (C=O) groups is 1. The Morgan fingerprint density at radius 3 is 2.64 bits per heavy atom. The highest BCUT2D eigenvalue weighted by molar-refractivity contribution is 6.30. The topological polar surface area (TPSA) is 38.8 Å². The standard InChI is InChI=1S/C20H24ClNO3/c1-15-7-4-5-8-18(15)25-12-6-9-20(23)22(2)14-16-13-17(21)10-11-19(16)24-3/h4-5,7-8,10-11,13H,6,9,12,14H2,1-3H3. The molecule has 0 spiro atoms. The van der Waals surface area contributed by atoms with Crippen LogP contribution in [-0.2, 0) is 11.3 Å². The molecule has 2 aromatic rings. The third-order valence-corrected chi connectivity index (χ3v) is 4.20. The van der Waals surface area contributed by atoms with E-state index in [-0.39, 0.29) is 5.91 Å². The molecule has 0 aliphatic heterocycles. The van der Waals surface area contributed by atoms with Gasteiger partial charge >= 0.3 is 0 Å². The largest absolute Gasteiger partial charge is 0.496 e. The Hall–Kier alpha value is -2.20. The number of hydrogen-bond donors (Lipinski definition) is 0. The van der Waals surface area contributed by atoms with Crippen molar-refractivity contribution in [2.75, 3.05) is 20.8 Å². The number of amides is 1. The minimum absolute atomic E-state index is 0.0652. The number of hydrogen-bond acceptors (Lipinski definition) is 3. The first-order chi connectivity index (χ1) is 12.0. The summed E-state index contributed by atoms with van der Waals surface area (Å²) in [5.41, 5.74) is 1.99. The maximum absolute atomic E-state index is 12.3. The lowest BCUT2D eigenvalue weighted by Gasteiger charge is -2.19. The molecule has 1 amide bonds. The molecule has 5 heteroatoms. The number of nitrogens with zero attached hydrogens (tertiary/aromatic N) is 1. The van der Waals surface area contributed by atoms with Crippen LogP contribution in [0.4, 0.5) is 0 Å². The number of ether oxygens (including phenoxy) is 2. The molecule has 0 radical (unpaired) electrons. The van der Waals surface area contributed by atoms with Gasteiger partial charge < -0.3 is 14.4 Å². The molecule has 0 unspecified atom stereocenters. The van der Waals surface area contributed by atoms with E-state index in [2.05, 4.69) is 0 Å². The molecule has 0 bridgehead atoms. The fourth-order valence-electron chi connectivity index (χ4n) is 2.53. The molecule has 0 N–H and O–H groups in total. The van der Waals surface area contributed by atoms with Gasteiger partial charge in [-0.05, 0) is 43.2 Å². The number of para-hydroxylation sites is 1. The minimum Gasteiger partial charge on any atom is -0.496 e. The summed E-state index contributed by atoms with van der Waals surface area (Å²) in [6.07, 6.45) is 1.11. The van der Waals surface area contributed by atoms with Crippen LogP contribution >= 0.6 is 11.6 Å². The van der Waals surface area contributed by atoms with Crippen molar-refractivity contribution in [1.29, 1.82) is 0 Å². The first-order valence-electron chi connectivity index (χ1n) is 8.26. The maximum Gasteiger partial charge on any atom is 0.222 e. The Bertz CT molecular complexity index is 718. The summed E-state index contributed by atoms with van der Waals surface area (Å²) >= 11 is 6.03. The average Bonchev–Trinajstić information content (AvgIpc) is 2.60. The molecule has 0 aromatic heterocycles. The van der Waals surface area contributed by atoms with E-state index >= 15 is 0 Å². The van der Waals surface area contributed by atoms with Crippen LogP contribution in [-0.4, -0.2) is 31.6 Å². The van der Waals surface area contributed by atoms with Crippen LogP contribution in [0.15, 0.2) is 42.5 Å². The molecule has 4 nitrogen and oxygen atoms in total. The third kappa shape index (κ3) is 5.68. The van der Waals surface area contributed by atoms with Crippen LogP contribution in [0, 0.1) is 6.92 Å². The number of halogens is 1. The Kier molecular flexibility index (Phi) is 7.14. The van der Waals surface area contributed by atoms with Gasteiger partial charge in [-0.15, -0.1) is 0 Å². The molecular weight excluding hydrogens is 338 g/mol. The quantitative estimate of drug-likeness (QED) is 0.651. The molecule has 25 heavy (non-hydrogen) atoms. The van der Waals surface area contributed by atoms with Gasteiger partial charge in [-0.25, -0.2) is 0 Å². The van der Waals surface area contributed by atoms with Gasteiger partial charge in [0.05, 0.1) is 13.7 Å². The molecule has 0 atom stereocenters. The molecule has 2 rings (SSSR count). The molecule has 0 saturated carbocycles. The van der Waals surface area contributed by atoms with Crippen molar-refractivity contribution in [3.05, 3.63) is 58.6 Å². The van der Waals surface area contributed by atoms with E-state index in [1.54, 1.807) is 25.1 Å². The summed E-state index contributed by atoms with van der Waals surface area (Å²) in [6, 6.07) is 13.3. The lowest BCUT2D eigenvalue weighted by Crippen LogP contribution is -2.26. The highest BCUT2D eigenvalue weighted by Crippen LogP contribution is 2.24. The average molecular weight is 362 g/mol. The second kappa shape index (κ2) is 9.33. The number of aryl methyl sites for hydroxylation is 1. The van der Waals surface area contributed by atoms with E-state index in [4.69, 9.17) is 21.1 Å². The van der Waals surface area contributed by atoms with Crippen molar-refractivity contribution < 1.29 is 14.3 Å². The van der Waals surface area contributed by atoms with Gasteiger partial charge in [0.25, 0.3) is 0 Å². The van der Waals surface area contributed by atoms with Gasteiger partial charge in [0.15, 0.2) is 0 Å². The number of methoxy groups -OCH3 is 1. The van der Waals surface area contributed by atoms with Crippen LogP contribution in [0.2, 0.25) is 5.02 Å². The van der Waals surface area contributed by atoms with Gasteiger partial charge in [0.1, 0.15) is 11.5 Å². The molecule has 134 valence electrons. The first-order valence-corrected chi connectivity index (χ1v) is 8.64. The Balaban J connectivity index is 1.81. The van der Waals surface area contributed by atoms with Crippen LogP contribution < -0.4 is 9.47 Å². The lowest BCUT2D eigenvalue weighted by atomic mass is 10.2. The van der Waals surface area contributed by atoms with Crippen LogP contribution in [0.3, 0.4) is 0 Å². The van der Waals surface area contributed by atoms with Crippen LogP contribution in [0.5, 0.6) is 11.5 Å². The Morgan fingerprint density at radius 1 is 1.16 bits per heavy atom. The zero-order valence-electron chi connectivity index (χ0n) is 14.9. The van der Waals surface area contributed by atoms with E-state index in [1.807, 2.05) is 43.3 Å². The fourth-order valence-corrected chi connectivity index (χ4v) is 2.72. The van der Waals surface area contributed by atoms with Gasteiger partial charge in [-0.3, -0.25) is 4.79 Å². The first kappa shape index (κ1) is 19.1. The van der Waals surface area contributed by atoms with Gasteiger partial charge in [0, 0.05) is 30.6 Å². The second-order valence-electron chi connectivity index (χ2n) is 5.92. The van der Waals surface area contributed by atoms with Crippen molar-refractivity contribution >= 4 is 17.5 Å². The summed E-state index contributed by atoms with van der Waals surface area (Å²) in [6.45, 7) is 2.98. The molecule has 0 fully saturated rings. The van der Waals surface area contributed by atoms with E-state index < -0.39 is 0 Å². The van der Waals surface area contributed by atoms with Gasteiger partial charge in [-0.2, -0.15) is 0 Å². The van der Waals surface area contributed by atoms with Gasteiger partial charge in [-0.1, -0.05) is 29.8 Å². The number of rotatable bonds is 8. The predicted octanol–water partition coefficient (Wildman–Crippen LogP) is 4.47. The Morgan fingerprint density at radius 2 is 1.92 bits per heavy atom. The molecular formula is C20H24ClNO3. The van der Waals surface area contributed by atoms with Crippen LogP contribution in [0.1, 0.15) is 24.0 Å². The number of benzene rings is 2. The monoisotopic (exact) mass is 361 g/mol. The van der Waals surface area contributed by atoms with Crippen molar-refractivity contribution in [1.82, 2.24) is 4.90 Å². The Labute approximate surface area is 154 Å². The summed E-state index contributed by atoms with van der Waals surface area (Å²) in [7, 11) is 3.39. The second-order valence-corrected chi connectivity index (χ2v) is 6.36. The van der Waals surface area contributed by atoms with Crippen molar-refractivity contribution in [2.24, 2.45) is 0 Å². The highest BCUT2D eigenvalue weighted by Gasteiger charge is 2.12. The molecule has 2 aromatic carbocycles. The highest BCUT2D eigenvalue weighted by atomic mass is 35.5. The zero-order valence-corrected chi connectivity index (χ0v) is 15.7. The summed E-state index contributed by atoms with van der Waals surface area (Å²) in [5, 5.41) is 0.628. The van der Waals surface area contributed by atoms with E-state index in [0.717, 1.165) is 22.6 Å². The van der Waals surface area contributed by atoms with Crippen molar-refractivity contribution in [3.8, 4) is 11.5 Å². The smallest absolute Gasteiger partial charge is 0.222 e. The molecule has 0 heterocycles. The van der Waals surface area contributed by atoms with Crippen molar-refractivity contribution in [3.63, 3.8) is 0 Å². The summed E-state index contributed by atoms with van der Waals surface area (Å²) in [4.78, 5) is 14.0.